The lowest BCUT2D eigenvalue weighted by Gasteiger charge is -2.09. The van der Waals surface area contributed by atoms with Crippen LogP contribution in [-0.2, 0) is 6.61 Å². The summed E-state index contributed by atoms with van der Waals surface area (Å²) in [5.41, 5.74) is 5.47. The van der Waals surface area contributed by atoms with Gasteiger partial charge in [0.25, 0.3) is 5.91 Å². The SMILES string of the molecule is O=C(Nn1cnc2ccccc21)c1sccc1OCc1ccc(Cl)cc1. The molecule has 26 heavy (non-hydrogen) atoms. The van der Waals surface area contributed by atoms with E-state index in [2.05, 4.69) is 10.4 Å². The summed E-state index contributed by atoms with van der Waals surface area (Å²) < 4.78 is 7.42. The molecule has 130 valence electrons. The van der Waals surface area contributed by atoms with Crippen LogP contribution in [0.15, 0.2) is 66.3 Å². The summed E-state index contributed by atoms with van der Waals surface area (Å²) in [6.45, 7) is 0.363. The number of rotatable bonds is 5. The third kappa shape index (κ3) is 3.42. The third-order valence-corrected chi connectivity index (χ3v) is 4.96. The molecular formula is C19H14ClN3O2S. The van der Waals surface area contributed by atoms with E-state index in [-0.39, 0.29) is 5.91 Å². The molecule has 0 saturated heterocycles. The number of fused-ring (bicyclic) bond motifs is 1. The Morgan fingerprint density at radius 1 is 1.15 bits per heavy atom. The predicted molar refractivity (Wildman–Crippen MR) is 104 cm³/mol. The minimum absolute atomic E-state index is 0.241. The Bertz CT molecular complexity index is 1060. The molecule has 0 spiro atoms. The Morgan fingerprint density at radius 2 is 1.96 bits per heavy atom. The molecular weight excluding hydrogens is 370 g/mol. The number of carbonyl (C=O) groups is 1. The molecule has 0 bridgehead atoms. The van der Waals surface area contributed by atoms with Crippen LogP contribution in [0.5, 0.6) is 5.75 Å². The van der Waals surface area contributed by atoms with Crippen molar-refractivity contribution in [3.8, 4) is 5.75 Å². The molecule has 1 N–H and O–H groups in total. The first-order valence-corrected chi connectivity index (χ1v) is 9.14. The fourth-order valence-electron chi connectivity index (χ4n) is 2.53. The van der Waals surface area contributed by atoms with Crippen molar-refractivity contribution in [2.45, 2.75) is 6.61 Å². The van der Waals surface area contributed by atoms with E-state index in [0.29, 0.717) is 22.3 Å². The van der Waals surface area contributed by atoms with Crippen LogP contribution in [0.1, 0.15) is 15.2 Å². The van der Waals surface area contributed by atoms with Crippen LogP contribution in [0.2, 0.25) is 5.02 Å². The molecule has 0 saturated carbocycles. The molecule has 1 amide bonds. The van der Waals surface area contributed by atoms with Gasteiger partial charge in [0, 0.05) is 5.02 Å². The summed E-state index contributed by atoms with van der Waals surface area (Å²) in [6, 6.07) is 16.8. The number of para-hydroxylation sites is 2. The monoisotopic (exact) mass is 383 g/mol. The Hall–Kier alpha value is -2.83. The van der Waals surface area contributed by atoms with Crippen LogP contribution in [0.3, 0.4) is 0 Å². The average Bonchev–Trinajstić information content (AvgIpc) is 3.29. The fourth-order valence-corrected chi connectivity index (χ4v) is 3.38. The first-order chi connectivity index (χ1) is 12.7. The van der Waals surface area contributed by atoms with Crippen LogP contribution < -0.4 is 10.2 Å². The van der Waals surface area contributed by atoms with Gasteiger partial charge < -0.3 is 4.74 Å². The van der Waals surface area contributed by atoms with Crippen molar-refractivity contribution >= 4 is 39.9 Å². The topological polar surface area (TPSA) is 56.2 Å². The summed E-state index contributed by atoms with van der Waals surface area (Å²) in [4.78, 5) is 17.4. The molecule has 0 atom stereocenters. The Labute approximate surface area is 158 Å². The number of ether oxygens (including phenoxy) is 1. The number of nitrogens with one attached hydrogen (secondary N) is 1. The van der Waals surface area contributed by atoms with Crippen LogP contribution in [0.25, 0.3) is 11.0 Å². The number of carbonyl (C=O) groups excluding carboxylic acids is 1. The second-order valence-electron chi connectivity index (χ2n) is 5.57. The van der Waals surface area contributed by atoms with Crippen molar-refractivity contribution in [3.63, 3.8) is 0 Å². The molecule has 2 aromatic heterocycles. The second kappa shape index (κ2) is 7.19. The van der Waals surface area contributed by atoms with Crippen LogP contribution in [0.4, 0.5) is 0 Å². The normalized spacial score (nSPS) is 10.8. The lowest BCUT2D eigenvalue weighted by atomic mass is 10.2. The molecule has 2 aromatic carbocycles. The zero-order valence-corrected chi connectivity index (χ0v) is 15.1. The highest BCUT2D eigenvalue weighted by Gasteiger charge is 2.16. The smallest absolute Gasteiger partial charge is 0.284 e. The summed E-state index contributed by atoms with van der Waals surface area (Å²) in [5, 5.41) is 2.51. The minimum Gasteiger partial charge on any atom is -0.487 e. The van der Waals surface area contributed by atoms with Crippen molar-refractivity contribution in [2.24, 2.45) is 0 Å². The van der Waals surface area contributed by atoms with E-state index in [1.807, 2.05) is 53.9 Å². The van der Waals surface area contributed by atoms with E-state index in [4.69, 9.17) is 16.3 Å². The van der Waals surface area contributed by atoms with E-state index in [1.165, 1.54) is 11.3 Å². The van der Waals surface area contributed by atoms with Crippen molar-refractivity contribution in [2.75, 3.05) is 5.43 Å². The molecule has 0 aliphatic carbocycles. The Balaban J connectivity index is 1.49. The molecule has 0 aliphatic rings. The van der Waals surface area contributed by atoms with Gasteiger partial charge in [-0.1, -0.05) is 35.9 Å². The van der Waals surface area contributed by atoms with Crippen LogP contribution >= 0.6 is 22.9 Å². The number of aromatic nitrogens is 2. The average molecular weight is 384 g/mol. The lowest BCUT2D eigenvalue weighted by molar-refractivity contribution is 0.101. The largest absolute Gasteiger partial charge is 0.487 e. The van der Waals surface area contributed by atoms with Crippen molar-refractivity contribution in [3.05, 3.63) is 81.8 Å². The zero-order chi connectivity index (χ0) is 17.9. The van der Waals surface area contributed by atoms with Crippen molar-refractivity contribution < 1.29 is 9.53 Å². The van der Waals surface area contributed by atoms with Gasteiger partial charge in [-0.3, -0.25) is 10.2 Å². The van der Waals surface area contributed by atoms with Crippen LogP contribution in [-0.4, -0.2) is 15.6 Å². The molecule has 0 fully saturated rings. The van der Waals surface area contributed by atoms with Crippen LogP contribution in [0, 0.1) is 0 Å². The minimum atomic E-state index is -0.241. The number of benzene rings is 2. The maximum absolute atomic E-state index is 12.6. The standard InChI is InChI=1S/C19H14ClN3O2S/c20-14-7-5-13(6-8-14)11-25-17-9-10-26-18(17)19(24)22-23-12-21-15-3-1-2-4-16(15)23/h1-10,12H,11H2,(H,22,24). The van der Waals surface area contributed by atoms with Gasteiger partial charge in [-0.05, 0) is 41.3 Å². The van der Waals surface area contributed by atoms with Gasteiger partial charge in [0.15, 0.2) is 0 Å². The first kappa shape index (κ1) is 16.6. The van der Waals surface area contributed by atoms with E-state index < -0.39 is 0 Å². The highest BCUT2D eigenvalue weighted by Crippen LogP contribution is 2.26. The lowest BCUT2D eigenvalue weighted by Crippen LogP contribution is -2.21. The number of hydrogen-bond acceptors (Lipinski definition) is 4. The van der Waals surface area contributed by atoms with Gasteiger partial charge in [0.1, 0.15) is 23.6 Å². The molecule has 4 aromatic rings. The summed E-state index contributed by atoms with van der Waals surface area (Å²) in [7, 11) is 0. The quantitative estimate of drug-likeness (QED) is 0.542. The zero-order valence-electron chi connectivity index (χ0n) is 13.6. The highest BCUT2D eigenvalue weighted by molar-refractivity contribution is 7.12. The molecule has 7 heteroatoms. The maximum atomic E-state index is 12.6. The fraction of sp³-hybridized carbons (Fsp3) is 0.0526. The summed E-state index contributed by atoms with van der Waals surface area (Å²) in [5.74, 6) is 0.307. The van der Waals surface area contributed by atoms with E-state index in [1.54, 1.807) is 17.1 Å². The maximum Gasteiger partial charge on any atom is 0.284 e. The predicted octanol–water partition coefficient (Wildman–Crippen LogP) is 4.71. The molecule has 5 nitrogen and oxygen atoms in total. The van der Waals surface area contributed by atoms with E-state index >= 15 is 0 Å². The highest BCUT2D eigenvalue weighted by atomic mass is 35.5. The Morgan fingerprint density at radius 3 is 2.81 bits per heavy atom. The van der Waals surface area contributed by atoms with Gasteiger partial charge >= 0.3 is 0 Å². The number of halogens is 1. The first-order valence-electron chi connectivity index (χ1n) is 7.89. The summed E-state index contributed by atoms with van der Waals surface area (Å²) in [6.07, 6.45) is 1.59. The molecule has 2 heterocycles. The number of thiophene rings is 1. The van der Waals surface area contributed by atoms with E-state index in [9.17, 15) is 4.79 Å². The number of nitrogens with zero attached hydrogens (tertiary/aromatic N) is 2. The number of imidazole rings is 1. The summed E-state index contributed by atoms with van der Waals surface area (Å²) >= 11 is 7.22. The van der Waals surface area contributed by atoms with Crippen molar-refractivity contribution in [1.29, 1.82) is 0 Å². The number of amides is 1. The van der Waals surface area contributed by atoms with Gasteiger partial charge in [-0.25, -0.2) is 9.66 Å². The molecule has 0 radical (unpaired) electrons. The molecule has 0 aliphatic heterocycles. The van der Waals surface area contributed by atoms with Gasteiger partial charge in [-0.15, -0.1) is 11.3 Å². The molecule has 0 unspecified atom stereocenters. The molecule has 4 rings (SSSR count). The third-order valence-electron chi connectivity index (χ3n) is 3.82. The Kier molecular flexibility index (Phi) is 4.60. The van der Waals surface area contributed by atoms with Crippen molar-refractivity contribution in [1.82, 2.24) is 9.66 Å². The van der Waals surface area contributed by atoms with Gasteiger partial charge in [0.2, 0.25) is 0 Å². The van der Waals surface area contributed by atoms with Gasteiger partial charge in [0.05, 0.1) is 11.0 Å². The van der Waals surface area contributed by atoms with E-state index in [0.717, 1.165) is 16.6 Å². The number of hydrogen-bond donors (Lipinski definition) is 1. The van der Waals surface area contributed by atoms with Gasteiger partial charge in [-0.2, -0.15) is 0 Å². The second-order valence-corrected chi connectivity index (χ2v) is 6.93.